The summed E-state index contributed by atoms with van der Waals surface area (Å²) in [5, 5.41) is 0. The van der Waals surface area contributed by atoms with E-state index in [0.29, 0.717) is 19.0 Å². The third-order valence-corrected chi connectivity index (χ3v) is 6.13. The minimum Gasteiger partial charge on any atom is -0.384 e. The first-order valence-corrected chi connectivity index (χ1v) is 10.5. The van der Waals surface area contributed by atoms with Crippen LogP contribution >= 0.6 is 0 Å². The summed E-state index contributed by atoms with van der Waals surface area (Å²) < 4.78 is 33.3. The van der Waals surface area contributed by atoms with Crippen molar-refractivity contribution in [1.82, 2.24) is 9.80 Å². The number of methoxy groups -OCH3 is 2. The summed E-state index contributed by atoms with van der Waals surface area (Å²) in [4.78, 5) is 16.2. The number of rotatable bonds is 7. The highest BCUT2D eigenvalue weighted by Crippen LogP contribution is 2.44. The van der Waals surface area contributed by atoms with Gasteiger partial charge in [-0.25, -0.2) is 8.42 Å². The lowest BCUT2D eigenvalue weighted by Crippen LogP contribution is -2.48. The summed E-state index contributed by atoms with van der Waals surface area (Å²) >= 11 is 0. The fourth-order valence-corrected chi connectivity index (χ4v) is 4.68. The van der Waals surface area contributed by atoms with Crippen molar-refractivity contribution in [2.45, 2.75) is 12.8 Å². The molecule has 0 N–H and O–H groups in total. The Morgan fingerprint density at radius 3 is 2.42 bits per heavy atom. The molecule has 1 amide bonds. The van der Waals surface area contributed by atoms with Gasteiger partial charge in [-0.15, -0.1) is 0 Å². The number of nitrogens with zero attached hydrogens (tertiary/aromatic N) is 2. The predicted molar refractivity (Wildman–Crippen MR) is 91.6 cm³/mol. The molecule has 2 fully saturated rings. The number of hydrogen-bond acceptors (Lipinski definition) is 6. The Bertz CT molecular complexity index is 529. The standard InChI is InChI=1S/C16H30N2O5S/c1-22-9-8-17-10-14(11-23-2)16(13-17)4-6-18(7-5-16)15(19)12-24(3,20)21/h14H,4-13H2,1-3H3. The Hall–Kier alpha value is -0.700. The summed E-state index contributed by atoms with van der Waals surface area (Å²) in [6.07, 6.45) is 2.91. The van der Waals surface area contributed by atoms with E-state index in [1.165, 1.54) is 0 Å². The van der Waals surface area contributed by atoms with Gasteiger partial charge in [0.25, 0.3) is 0 Å². The first-order chi connectivity index (χ1) is 11.3. The Labute approximate surface area is 145 Å². The molecule has 1 spiro atoms. The molecule has 8 heteroatoms. The topological polar surface area (TPSA) is 76.2 Å². The average molecular weight is 362 g/mol. The Kier molecular flexibility index (Phi) is 6.64. The molecule has 0 radical (unpaired) electrons. The molecule has 7 nitrogen and oxygen atoms in total. The lowest BCUT2D eigenvalue weighted by molar-refractivity contribution is -0.131. The van der Waals surface area contributed by atoms with Crippen molar-refractivity contribution in [3.8, 4) is 0 Å². The summed E-state index contributed by atoms with van der Waals surface area (Å²) in [5.41, 5.74) is 0.158. The average Bonchev–Trinajstić information content (AvgIpc) is 2.82. The number of amides is 1. The highest BCUT2D eigenvalue weighted by Gasteiger charge is 2.48. The molecule has 2 rings (SSSR count). The quantitative estimate of drug-likeness (QED) is 0.628. The van der Waals surface area contributed by atoms with Crippen LogP contribution in [0, 0.1) is 11.3 Å². The molecule has 0 aromatic carbocycles. The highest BCUT2D eigenvalue weighted by atomic mass is 32.2. The van der Waals surface area contributed by atoms with E-state index >= 15 is 0 Å². The summed E-state index contributed by atoms with van der Waals surface area (Å²) in [6.45, 7) is 5.61. The van der Waals surface area contributed by atoms with Crippen LogP contribution in [-0.4, -0.2) is 96.3 Å². The summed E-state index contributed by atoms with van der Waals surface area (Å²) in [6, 6.07) is 0. The van der Waals surface area contributed by atoms with Crippen molar-refractivity contribution >= 4 is 15.7 Å². The molecule has 0 bridgehead atoms. The second kappa shape index (κ2) is 8.12. The zero-order valence-corrected chi connectivity index (χ0v) is 15.8. The maximum atomic E-state index is 12.1. The summed E-state index contributed by atoms with van der Waals surface area (Å²) in [7, 11) is 0.173. The third kappa shape index (κ3) is 4.91. The molecule has 2 aliphatic rings. The largest absolute Gasteiger partial charge is 0.384 e. The van der Waals surface area contributed by atoms with Gasteiger partial charge in [-0.1, -0.05) is 0 Å². The van der Waals surface area contributed by atoms with Crippen LogP contribution in [0.1, 0.15) is 12.8 Å². The van der Waals surface area contributed by atoms with Crippen LogP contribution in [0.15, 0.2) is 0 Å². The molecule has 24 heavy (non-hydrogen) atoms. The van der Waals surface area contributed by atoms with Crippen molar-refractivity contribution in [3.05, 3.63) is 0 Å². The first kappa shape index (κ1) is 19.6. The molecule has 0 aromatic heterocycles. The smallest absolute Gasteiger partial charge is 0.237 e. The van der Waals surface area contributed by atoms with Crippen LogP contribution in [0.5, 0.6) is 0 Å². The van der Waals surface area contributed by atoms with E-state index in [9.17, 15) is 13.2 Å². The number of ether oxygens (including phenoxy) is 2. The van der Waals surface area contributed by atoms with Crippen LogP contribution in [0.3, 0.4) is 0 Å². The lowest BCUT2D eigenvalue weighted by Gasteiger charge is -2.42. The van der Waals surface area contributed by atoms with Crippen LogP contribution in [-0.2, 0) is 24.1 Å². The van der Waals surface area contributed by atoms with Gasteiger partial charge in [-0.3, -0.25) is 4.79 Å². The van der Waals surface area contributed by atoms with Crippen LogP contribution in [0.2, 0.25) is 0 Å². The summed E-state index contributed by atoms with van der Waals surface area (Å²) in [5.74, 6) is -0.210. The van der Waals surface area contributed by atoms with Crippen LogP contribution in [0.4, 0.5) is 0 Å². The van der Waals surface area contributed by atoms with E-state index in [0.717, 1.165) is 51.9 Å². The highest BCUT2D eigenvalue weighted by molar-refractivity contribution is 7.91. The van der Waals surface area contributed by atoms with Crippen molar-refractivity contribution in [2.75, 3.05) is 72.2 Å². The fraction of sp³-hybridized carbons (Fsp3) is 0.938. The van der Waals surface area contributed by atoms with E-state index < -0.39 is 9.84 Å². The lowest BCUT2D eigenvalue weighted by atomic mass is 9.71. The molecule has 2 saturated heterocycles. The van der Waals surface area contributed by atoms with E-state index in [2.05, 4.69) is 4.90 Å². The molecular formula is C16H30N2O5S. The zero-order chi connectivity index (χ0) is 17.8. The minimum absolute atomic E-state index is 0.158. The molecule has 2 heterocycles. The van der Waals surface area contributed by atoms with Gasteiger partial charge in [0.15, 0.2) is 9.84 Å². The van der Waals surface area contributed by atoms with Gasteiger partial charge in [-0.2, -0.15) is 0 Å². The number of likely N-dealkylation sites (tertiary alicyclic amines) is 2. The molecule has 0 aliphatic carbocycles. The molecule has 0 aromatic rings. The number of piperidine rings is 1. The second-order valence-electron chi connectivity index (χ2n) is 7.19. The number of carbonyl (C=O) groups is 1. The Morgan fingerprint density at radius 1 is 1.21 bits per heavy atom. The Morgan fingerprint density at radius 2 is 1.88 bits per heavy atom. The maximum absolute atomic E-state index is 12.1. The zero-order valence-electron chi connectivity index (χ0n) is 15.0. The molecule has 2 aliphatic heterocycles. The molecule has 140 valence electrons. The number of sulfone groups is 1. The molecular weight excluding hydrogens is 332 g/mol. The maximum Gasteiger partial charge on any atom is 0.237 e. The van der Waals surface area contributed by atoms with Gasteiger partial charge in [0, 0.05) is 59.1 Å². The monoisotopic (exact) mass is 362 g/mol. The van der Waals surface area contributed by atoms with E-state index in [1.807, 2.05) is 0 Å². The fourth-order valence-electron chi connectivity index (χ4n) is 4.05. The SMILES string of the molecule is COCCN1CC(COC)C2(CCN(C(=O)CS(C)(=O)=O)CC2)C1. The van der Waals surface area contributed by atoms with E-state index in [-0.39, 0.29) is 17.1 Å². The molecule has 0 saturated carbocycles. The Balaban J connectivity index is 1.97. The van der Waals surface area contributed by atoms with Crippen molar-refractivity contribution in [2.24, 2.45) is 11.3 Å². The van der Waals surface area contributed by atoms with E-state index in [4.69, 9.17) is 9.47 Å². The van der Waals surface area contributed by atoms with Gasteiger partial charge < -0.3 is 19.3 Å². The van der Waals surface area contributed by atoms with Crippen molar-refractivity contribution in [3.63, 3.8) is 0 Å². The second-order valence-corrected chi connectivity index (χ2v) is 9.33. The number of hydrogen-bond donors (Lipinski definition) is 0. The van der Waals surface area contributed by atoms with Crippen LogP contribution < -0.4 is 0 Å². The molecule has 1 unspecified atom stereocenters. The normalized spacial score (nSPS) is 24.6. The van der Waals surface area contributed by atoms with Gasteiger partial charge in [0.1, 0.15) is 5.75 Å². The number of carbonyl (C=O) groups excluding carboxylic acids is 1. The van der Waals surface area contributed by atoms with Gasteiger partial charge in [0.05, 0.1) is 13.2 Å². The van der Waals surface area contributed by atoms with Crippen molar-refractivity contribution < 1.29 is 22.7 Å². The van der Waals surface area contributed by atoms with Crippen LogP contribution in [0.25, 0.3) is 0 Å². The van der Waals surface area contributed by atoms with Gasteiger partial charge in [-0.05, 0) is 18.3 Å². The minimum atomic E-state index is -3.27. The first-order valence-electron chi connectivity index (χ1n) is 8.45. The predicted octanol–water partition coefficient (Wildman–Crippen LogP) is -0.136. The van der Waals surface area contributed by atoms with Gasteiger partial charge >= 0.3 is 0 Å². The van der Waals surface area contributed by atoms with Crippen molar-refractivity contribution in [1.29, 1.82) is 0 Å². The molecule has 1 atom stereocenters. The van der Waals surface area contributed by atoms with Gasteiger partial charge in [0.2, 0.25) is 5.91 Å². The third-order valence-electron chi connectivity index (χ3n) is 5.36. The van der Waals surface area contributed by atoms with E-state index in [1.54, 1.807) is 19.1 Å².